The molecule has 1 saturated carbocycles. The Labute approximate surface area is 288 Å². The molecule has 2 N–H and O–H groups in total. The van der Waals surface area contributed by atoms with Crippen molar-refractivity contribution in [2.75, 3.05) is 45.5 Å². The third-order valence-corrected chi connectivity index (χ3v) is 10.9. The Morgan fingerprint density at radius 3 is 2.35 bits per heavy atom. The van der Waals surface area contributed by atoms with Crippen LogP contribution in [0, 0.1) is 17.8 Å². The first-order valence-electron chi connectivity index (χ1n) is 18.1. The minimum absolute atomic E-state index is 0.00433. The minimum atomic E-state index is -0.00433. The van der Waals surface area contributed by atoms with Gasteiger partial charge < -0.3 is 15.5 Å². The van der Waals surface area contributed by atoms with Crippen LogP contribution in [0.3, 0.4) is 0 Å². The van der Waals surface area contributed by atoms with Crippen molar-refractivity contribution in [2.45, 2.75) is 110 Å². The topological polar surface area (TPSA) is 47.6 Å². The minimum Gasteiger partial charge on any atom is -0.384 e. The number of carbonyl (C=O) groups is 1. The van der Waals surface area contributed by atoms with E-state index in [9.17, 15) is 4.79 Å². The van der Waals surface area contributed by atoms with Crippen LogP contribution < -0.4 is 10.6 Å². The molecule has 1 aliphatic rings. The van der Waals surface area contributed by atoms with E-state index in [-0.39, 0.29) is 11.8 Å². The number of carbonyl (C=O) groups excluding carboxylic acids is 1. The fourth-order valence-electron chi connectivity index (χ4n) is 6.32. The molecule has 5 nitrogen and oxygen atoms in total. The first kappa shape index (κ1) is 40.0. The summed E-state index contributed by atoms with van der Waals surface area (Å²) >= 11 is 2.08. The van der Waals surface area contributed by atoms with Gasteiger partial charge in [-0.3, -0.25) is 9.69 Å². The molecule has 46 heavy (non-hydrogen) atoms. The zero-order chi connectivity index (χ0) is 33.9. The number of rotatable bonds is 24. The smallest absolute Gasteiger partial charge is 0.223 e. The van der Waals surface area contributed by atoms with Crippen LogP contribution in [-0.4, -0.2) is 72.5 Å². The molecule has 0 radical (unpaired) electrons. The molecule has 6 heteroatoms. The highest BCUT2D eigenvalue weighted by Gasteiger charge is 2.25. The number of benzene rings is 1. The van der Waals surface area contributed by atoms with Crippen LogP contribution in [0.15, 0.2) is 67.0 Å². The molecular weight excluding hydrogens is 585 g/mol. The van der Waals surface area contributed by atoms with Crippen LogP contribution in [0.1, 0.15) is 98.0 Å². The number of hydrogen-bond donors (Lipinski definition) is 2. The largest absolute Gasteiger partial charge is 0.384 e. The second-order valence-corrected chi connectivity index (χ2v) is 15.8. The quantitative estimate of drug-likeness (QED) is 0.109. The number of nitrogens with zero attached hydrogens (tertiary/aromatic N) is 2. The van der Waals surface area contributed by atoms with Gasteiger partial charge in [-0.2, -0.15) is 11.8 Å². The number of hydrogen-bond acceptors (Lipinski definition) is 5. The summed E-state index contributed by atoms with van der Waals surface area (Å²) in [6.07, 6.45) is 11.6. The maximum Gasteiger partial charge on any atom is 0.223 e. The lowest BCUT2D eigenvalue weighted by molar-refractivity contribution is -0.130. The molecule has 0 spiro atoms. The highest BCUT2D eigenvalue weighted by Crippen LogP contribution is 2.31. The van der Waals surface area contributed by atoms with Crippen LogP contribution >= 0.6 is 11.8 Å². The van der Waals surface area contributed by atoms with Gasteiger partial charge in [-0.1, -0.05) is 122 Å². The zero-order valence-corrected chi connectivity index (χ0v) is 31.2. The van der Waals surface area contributed by atoms with E-state index in [2.05, 4.69) is 106 Å². The van der Waals surface area contributed by atoms with Crippen LogP contribution in [0.25, 0.3) is 0 Å². The molecule has 260 valence electrons. The zero-order valence-electron chi connectivity index (χ0n) is 30.4. The van der Waals surface area contributed by atoms with Crippen molar-refractivity contribution in [3.8, 4) is 0 Å². The lowest BCUT2D eigenvalue weighted by atomic mass is 9.84. The lowest BCUT2D eigenvalue weighted by Gasteiger charge is -2.32. The molecule has 0 bridgehead atoms. The number of amides is 1. The number of allylic oxidation sites excluding steroid dienone is 1. The van der Waals surface area contributed by atoms with Gasteiger partial charge in [0.05, 0.1) is 6.54 Å². The lowest BCUT2D eigenvalue weighted by Crippen LogP contribution is -2.41. The average molecular weight is 653 g/mol. The summed E-state index contributed by atoms with van der Waals surface area (Å²) in [5.41, 5.74) is 4.30. The van der Waals surface area contributed by atoms with Crippen LogP contribution in [0.5, 0.6) is 0 Å². The van der Waals surface area contributed by atoms with Crippen molar-refractivity contribution >= 4 is 17.7 Å². The second kappa shape index (κ2) is 22.4. The van der Waals surface area contributed by atoms with Crippen molar-refractivity contribution in [1.82, 2.24) is 20.4 Å². The molecule has 1 aromatic carbocycles. The Hall–Kier alpha value is -2.18. The van der Waals surface area contributed by atoms with Gasteiger partial charge in [-0.05, 0) is 55.9 Å². The fraction of sp³-hybridized carbons (Fsp3) is 0.675. The van der Waals surface area contributed by atoms with E-state index in [0.717, 1.165) is 61.8 Å². The van der Waals surface area contributed by atoms with E-state index in [1.54, 1.807) is 0 Å². The van der Waals surface area contributed by atoms with Crippen LogP contribution in [-0.2, 0) is 11.2 Å². The maximum absolute atomic E-state index is 13.5. The van der Waals surface area contributed by atoms with Crippen LogP contribution in [0.2, 0.25) is 0 Å². The number of nitrogens with one attached hydrogen (secondary N) is 2. The molecule has 2 rings (SSSR count). The Balaban J connectivity index is 2.02. The van der Waals surface area contributed by atoms with Crippen molar-refractivity contribution in [3.05, 3.63) is 72.6 Å². The number of unbranched alkanes of at least 4 members (excludes halogenated alkanes) is 1. The molecule has 1 amide bonds. The number of thioether (sulfide) groups is 1. The van der Waals surface area contributed by atoms with Gasteiger partial charge in [-0.15, -0.1) is 0 Å². The van der Waals surface area contributed by atoms with E-state index < -0.39 is 0 Å². The SMILES string of the molecule is C=C(C)CN(CCCC)CCN(C)C(=O)C[C@@H](Cc1ccccc1)C(=C)NCC(=C)N[C@@H](CC1CCCCC1)C(C)SCC(C)C. The van der Waals surface area contributed by atoms with Gasteiger partial charge in [0.15, 0.2) is 0 Å². The summed E-state index contributed by atoms with van der Waals surface area (Å²) in [5, 5.41) is 7.95. The Bertz CT molecular complexity index is 1030. The van der Waals surface area contributed by atoms with Gasteiger partial charge in [0.25, 0.3) is 0 Å². The van der Waals surface area contributed by atoms with Crippen molar-refractivity contribution in [2.24, 2.45) is 17.8 Å². The molecular formula is C40H68N4OS. The number of likely N-dealkylation sites (N-methyl/N-ethyl adjacent to an activating group) is 1. The first-order valence-corrected chi connectivity index (χ1v) is 19.2. The van der Waals surface area contributed by atoms with E-state index >= 15 is 0 Å². The van der Waals surface area contributed by atoms with Gasteiger partial charge in [0.1, 0.15) is 0 Å². The highest BCUT2D eigenvalue weighted by molar-refractivity contribution is 7.99. The van der Waals surface area contributed by atoms with E-state index in [1.807, 2.05) is 18.0 Å². The van der Waals surface area contributed by atoms with E-state index in [0.29, 0.717) is 36.7 Å². The third-order valence-electron chi connectivity index (χ3n) is 9.23. The summed E-state index contributed by atoms with van der Waals surface area (Å²) < 4.78 is 0. The van der Waals surface area contributed by atoms with Gasteiger partial charge >= 0.3 is 0 Å². The Morgan fingerprint density at radius 1 is 1.02 bits per heavy atom. The summed E-state index contributed by atoms with van der Waals surface area (Å²) in [5.74, 6) is 2.84. The molecule has 1 unspecified atom stereocenters. The van der Waals surface area contributed by atoms with E-state index in [4.69, 9.17) is 0 Å². The first-order chi connectivity index (χ1) is 22.0. The fourth-order valence-corrected chi connectivity index (χ4v) is 7.42. The third kappa shape index (κ3) is 16.6. The van der Waals surface area contributed by atoms with Crippen molar-refractivity contribution in [3.63, 3.8) is 0 Å². The Kier molecular flexibility index (Phi) is 19.5. The molecule has 0 aromatic heterocycles. The summed E-state index contributed by atoms with van der Waals surface area (Å²) in [6.45, 7) is 28.4. The predicted octanol–water partition coefficient (Wildman–Crippen LogP) is 8.70. The molecule has 1 aliphatic carbocycles. The van der Waals surface area contributed by atoms with Crippen molar-refractivity contribution < 1.29 is 4.79 Å². The second-order valence-electron chi connectivity index (χ2n) is 14.4. The van der Waals surface area contributed by atoms with Gasteiger partial charge in [-0.25, -0.2) is 0 Å². The molecule has 0 saturated heterocycles. The summed E-state index contributed by atoms with van der Waals surface area (Å²) in [4.78, 5) is 17.9. The Morgan fingerprint density at radius 2 is 1.72 bits per heavy atom. The normalized spacial score (nSPS) is 15.7. The molecule has 3 atom stereocenters. The van der Waals surface area contributed by atoms with Gasteiger partial charge in [0, 0.05) is 61.7 Å². The maximum atomic E-state index is 13.5. The summed E-state index contributed by atoms with van der Waals surface area (Å²) in [6, 6.07) is 10.9. The molecule has 0 aliphatic heterocycles. The molecule has 1 fully saturated rings. The average Bonchev–Trinajstić information content (AvgIpc) is 3.03. The van der Waals surface area contributed by atoms with Crippen LogP contribution in [0.4, 0.5) is 0 Å². The van der Waals surface area contributed by atoms with Crippen molar-refractivity contribution in [1.29, 1.82) is 0 Å². The summed E-state index contributed by atoms with van der Waals surface area (Å²) in [7, 11) is 1.94. The standard InChI is InChI=1S/C40H68N4OS/c1-10-11-22-44(29-31(2)3)24-23-43(9)40(45)27-38(25-36-18-14-12-15-19-36)34(7)41-28-33(6)42-39(35(8)46-30-32(4)5)26-37-20-16-13-17-21-37/h12,14-15,18-19,32,35,37-39,41-42H,2,6-7,10-11,13,16-17,20-30H2,1,3-5,8-9H3/t35?,38-,39+/m1/s1. The monoisotopic (exact) mass is 653 g/mol. The predicted molar refractivity (Wildman–Crippen MR) is 203 cm³/mol. The molecule has 1 aromatic rings. The highest BCUT2D eigenvalue weighted by atomic mass is 32.2. The van der Waals surface area contributed by atoms with Gasteiger partial charge in [0.2, 0.25) is 5.91 Å². The van der Waals surface area contributed by atoms with E-state index in [1.165, 1.54) is 49.8 Å². The molecule has 0 heterocycles.